The summed E-state index contributed by atoms with van der Waals surface area (Å²) in [4.78, 5) is 0.203. The van der Waals surface area contributed by atoms with Crippen molar-refractivity contribution in [2.75, 3.05) is 26.4 Å². The largest absolute Gasteiger partial charge is 0.389 e. The third kappa shape index (κ3) is 4.33. The molecule has 2 aliphatic heterocycles. The quantitative estimate of drug-likeness (QED) is 0.657. The van der Waals surface area contributed by atoms with E-state index in [-0.39, 0.29) is 17.5 Å². The van der Waals surface area contributed by atoms with E-state index in [9.17, 15) is 13.5 Å². The minimum absolute atomic E-state index is 0.0460. The lowest BCUT2D eigenvalue weighted by atomic mass is 10.0. The summed E-state index contributed by atoms with van der Waals surface area (Å²) >= 11 is 0. The molecular weight excluding hydrogens is 332 g/mol. The zero-order chi connectivity index (χ0) is 17.0. The van der Waals surface area contributed by atoms with Crippen molar-refractivity contribution in [2.24, 2.45) is 0 Å². The predicted molar refractivity (Wildman–Crippen MR) is 88.1 cm³/mol. The van der Waals surface area contributed by atoms with Gasteiger partial charge in [-0.25, -0.2) is 13.1 Å². The third-order valence-corrected chi connectivity index (χ3v) is 5.92. The zero-order valence-corrected chi connectivity index (χ0v) is 14.2. The fraction of sp³-hybridized carbons (Fsp3) is 0.625. The number of sulfonamides is 1. The van der Waals surface area contributed by atoms with Gasteiger partial charge in [0.1, 0.15) is 0 Å². The van der Waals surface area contributed by atoms with E-state index in [1.807, 2.05) is 0 Å². The van der Waals surface area contributed by atoms with Crippen LogP contribution in [-0.4, -0.2) is 64.2 Å². The fourth-order valence-electron chi connectivity index (χ4n) is 3.05. The molecule has 3 atom stereocenters. The fourth-order valence-corrected chi connectivity index (χ4v) is 4.12. The Morgan fingerprint density at radius 3 is 2.58 bits per heavy atom. The van der Waals surface area contributed by atoms with Gasteiger partial charge in [-0.05, 0) is 25.0 Å². The summed E-state index contributed by atoms with van der Waals surface area (Å²) in [6, 6.07) is 8.29. The molecule has 0 bridgehead atoms. The molecule has 1 aromatic rings. The molecule has 3 N–H and O–H groups in total. The SMILES string of the molecule is O=S(=O)(NCC1OCC(NC2CCOCC2)C1O)c1ccccc1. The Labute approximate surface area is 142 Å². The summed E-state index contributed by atoms with van der Waals surface area (Å²) in [7, 11) is -3.59. The Kier molecular flexibility index (Phi) is 5.85. The zero-order valence-electron chi connectivity index (χ0n) is 13.4. The molecule has 0 spiro atoms. The van der Waals surface area contributed by atoms with Gasteiger partial charge in [-0.2, -0.15) is 0 Å². The van der Waals surface area contributed by atoms with Crippen LogP contribution in [0.5, 0.6) is 0 Å². The number of nitrogens with one attached hydrogen (secondary N) is 2. The van der Waals surface area contributed by atoms with E-state index >= 15 is 0 Å². The molecule has 0 aromatic heterocycles. The first kappa shape index (κ1) is 17.8. The van der Waals surface area contributed by atoms with E-state index in [1.165, 1.54) is 12.1 Å². The monoisotopic (exact) mass is 356 g/mol. The van der Waals surface area contributed by atoms with Crippen molar-refractivity contribution >= 4 is 10.0 Å². The average Bonchev–Trinajstić information content (AvgIpc) is 2.95. The van der Waals surface area contributed by atoms with Gasteiger partial charge >= 0.3 is 0 Å². The molecular formula is C16H24N2O5S. The van der Waals surface area contributed by atoms with E-state index in [2.05, 4.69) is 10.0 Å². The predicted octanol–water partition coefficient (Wildman–Crippen LogP) is -0.138. The molecule has 3 unspecified atom stereocenters. The molecule has 2 aliphatic rings. The number of aliphatic hydroxyl groups excluding tert-OH is 1. The lowest BCUT2D eigenvalue weighted by Gasteiger charge is -2.27. The van der Waals surface area contributed by atoms with Crippen LogP contribution in [0.1, 0.15) is 12.8 Å². The Morgan fingerprint density at radius 2 is 1.88 bits per heavy atom. The maximum Gasteiger partial charge on any atom is 0.240 e. The molecule has 2 heterocycles. The molecule has 2 fully saturated rings. The van der Waals surface area contributed by atoms with Gasteiger partial charge in [-0.15, -0.1) is 0 Å². The topological polar surface area (TPSA) is 96.9 Å². The van der Waals surface area contributed by atoms with Crippen LogP contribution in [0.3, 0.4) is 0 Å². The van der Waals surface area contributed by atoms with Crippen LogP contribution < -0.4 is 10.0 Å². The summed E-state index contributed by atoms with van der Waals surface area (Å²) in [5, 5.41) is 13.8. The molecule has 8 heteroatoms. The highest BCUT2D eigenvalue weighted by Crippen LogP contribution is 2.18. The normalized spacial score (nSPS) is 29.0. The van der Waals surface area contributed by atoms with Crippen LogP contribution in [0.4, 0.5) is 0 Å². The van der Waals surface area contributed by atoms with E-state index in [1.54, 1.807) is 18.2 Å². The minimum Gasteiger partial charge on any atom is -0.389 e. The number of hydrogen-bond donors (Lipinski definition) is 3. The average molecular weight is 356 g/mol. The van der Waals surface area contributed by atoms with Crippen molar-refractivity contribution in [3.8, 4) is 0 Å². The van der Waals surface area contributed by atoms with E-state index in [4.69, 9.17) is 9.47 Å². The van der Waals surface area contributed by atoms with Crippen molar-refractivity contribution in [1.29, 1.82) is 0 Å². The highest BCUT2D eigenvalue weighted by Gasteiger charge is 2.37. The van der Waals surface area contributed by atoms with E-state index in [0.29, 0.717) is 12.6 Å². The molecule has 24 heavy (non-hydrogen) atoms. The van der Waals surface area contributed by atoms with Crippen LogP contribution in [0, 0.1) is 0 Å². The highest BCUT2D eigenvalue weighted by atomic mass is 32.2. The number of rotatable bonds is 6. The van der Waals surface area contributed by atoms with Gasteiger partial charge in [-0.1, -0.05) is 18.2 Å². The molecule has 134 valence electrons. The molecule has 0 saturated carbocycles. The van der Waals surface area contributed by atoms with Gasteiger partial charge in [0.15, 0.2) is 0 Å². The summed E-state index contributed by atoms with van der Waals surface area (Å²) < 4.78 is 37.8. The molecule has 0 radical (unpaired) electrons. The van der Waals surface area contributed by atoms with Crippen LogP contribution in [-0.2, 0) is 19.5 Å². The second-order valence-electron chi connectivity index (χ2n) is 6.19. The maximum absolute atomic E-state index is 12.2. The Bertz CT molecular complexity index is 619. The minimum atomic E-state index is -3.59. The first-order chi connectivity index (χ1) is 11.6. The summed E-state index contributed by atoms with van der Waals surface area (Å²) in [5.74, 6) is 0. The Morgan fingerprint density at radius 1 is 1.17 bits per heavy atom. The molecule has 1 aromatic carbocycles. The maximum atomic E-state index is 12.2. The van der Waals surface area contributed by atoms with Crippen molar-refractivity contribution in [1.82, 2.24) is 10.0 Å². The van der Waals surface area contributed by atoms with Gasteiger partial charge in [-0.3, -0.25) is 0 Å². The van der Waals surface area contributed by atoms with E-state index < -0.39 is 22.2 Å². The molecule has 7 nitrogen and oxygen atoms in total. The lowest BCUT2D eigenvalue weighted by Crippen LogP contribution is -2.49. The Hall–Kier alpha value is -1.03. The summed E-state index contributed by atoms with van der Waals surface area (Å²) in [6.07, 6.45) is 0.524. The van der Waals surface area contributed by atoms with Crippen molar-refractivity contribution in [3.63, 3.8) is 0 Å². The van der Waals surface area contributed by atoms with Gasteiger partial charge in [0.2, 0.25) is 10.0 Å². The Balaban J connectivity index is 1.51. The van der Waals surface area contributed by atoms with Crippen LogP contribution in [0.15, 0.2) is 35.2 Å². The molecule has 2 saturated heterocycles. The smallest absolute Gasteiger partial charge is 0.240 e. The summed E-state index contributed by atoms with van der Waals surface area (Å²) in [6.45, 7) is 1.86. The number of aliphatic hydroxyl groups is 1. The van der Waals surface area contributed by atoms with Crippen LogP contribution >= 0.6 is 0 Å². The lowest BCUT2D eigenvalue weighted by molar-refractivity contribution is 0.0415. The number of benzene rings is 1. The molecule has 0 aliphatic carbocycles. The van der Waals surface area contributed by atoms with Gasteiger partial charge in [0.05, 0.1) is 29.8 Å². The van der Waals surface area contributed by atoms with Gasteiger partial charge in [0.25, 0.3) is 0 Å². The highest BCUT2D eigenvalue weighted by molar-refractivity contribution is 7.89. The second-order valence-corrected chi connectivity index (χ2v) is 7.95. The number of hydrogen-bond acceptors (Lipinski definition) is 6. The van der Waals surface area contributed by atoms with Crippen LogP contribution in [0.2, 0.25) is 0 Å². The first-order valence-corrected chi connectivity index (χ1v) is 9.73. The van der Waals surface area contributed by atoms with E-state index in [0.717, 1.165) is 26.1 Å². The molecule has 0 amide bonds. The number of ether oxygens (including phenoxy) is 2. The van der Waals surface area contributed by atoms with Crippen molar-refractivity contribution in [3.05, 3.63) is 30.3 Å². The van der Waals surface area contributed by atoms with Crippen LogP contribution in [0.25, 0.3) is 0 Å². The van der Waals surface area contributed by atoms with Gasteiger partial charge in [0, 0.05) is 25.8 Å². The van der Waals surface area contributed by atoms with Gasteiger partial charge < -0.3 is 19.9 Å². The summed E-state index contributed by atoms with van der Waals surface area (Å²) in [5.41, 5.74) is 0. The first-order valence-electron chi connectivity index (χ1n) is 8.24. The second kappa shape index (κ2) is 7.90. The third-order valence-electron chi connectivity index (χ3n) is 4.48. The van der Waals surface area contributed by atoms with Crippen molar-refractivity contribution in [2.45, 2.75) is 42.0 Å². The molecule has 3 rings (SSSR count). The van der Waals surface area contributed by atoms with Crippen molar-refractivity contribution < 1.29 is 23.0 Å². The standard InChI is InChI=1S/C16H24N2O5S/c19-16-14(18-12-6-8-22-9-7-12)11-23-15(16)10-17-24(20,21)13-4-2-1-3-5-13/h1-5,12,14-19H,6-11H2.